The Hall–Kier alpha value is -3.03. The van der Waals surface area contributed by atoms with Crippen LogP contribution in [-0.4, -0.2) is 42.4 Å². The van der Waals surface area contributed by atoms with E-state index in [1.54, 1.807) is 23.9 Å². The van der Waals surface area contributed by atoms with E-state index in [9.17, 15) is 9.59 Å². The number of anilines is 1. The fourth-order valence-electron chi connectivity index (χ4n) is 3.72. The third-order valence-corrected chi connectivity index (χ3v) is 6.47. The molecule has 1 aromatic heterocycles. The van der Waals surface area contributed by atoms with Gasteiger partial charge >= 0.3 is 0 Å². The molecular weight excluding hydrogens is 422 g/mol. The van der Waals surface area contributed by atoms with Crippen molar-refractivity contribution in [3.63, 3.8) is 0 Å². The first kappa shape index (κ1) is 22.2. The fraction of sp³-hybridized carbons (Fsp3) is 0.280. The molecule has 3 aromatic rings. The molecule has 6 nitrogen and oxygen atoms in total. The monoisotopic (exact) mass is 449 g/mol. The average Bonchev–Trinajstić information content (AvgIpc) is 3.24. The lowest BCUT2D eigenvalue weighted by molar-refractivity contribution is -0.117. The topological polar surface area (TPSA) is 74.6 Å². The van der Waals surface area contributed by atoms with E-state index >= 15 is 0 Å². The standard InChI is InChI=1S/C25H27N3O3S/c1-18-11-12-22(31-18)25(30)26-19-13-15-28(16-14-19)17-24(29)27-21-9-5-6-10-23(21)32-20-7-3-2-4-8-20/h2-12,19H,13-17H2,1H3,(H,26,30)(H,27,29). The van der Waals surface area contributed by atoms with Gasteiger partial charge in [-0.2, -0.15) is 0 Å². The number of nitrogens with one attached hydrogen (secondary N) is 2. The Morgan fingerprint density at radius 2 is 1.72 bits per heavy atom. The van der Waals surface area contributed by atoms with E-state index in [2.05, 4.69) is 27.7 Å². The van der Waals surface area contributed by atoms with Gasteiger partial charge in [0, 0.05) is 28.9 Å². The number of para-hydroxylation sites is 1. The first-order valence-electron chi connectivity index (χ1n) is 10.8. The Morgan fingerprint density at radius 3 is 2.44 bits per heavy atom. The molecule has 4 rings (SSSR count). The maximum Gasteiger partial charge on any atom is 0.287 e. The number of rotatable bonds is 7. The predicted octanol–water partition coefficient (Wildman–Crippen LogP) is 4.57. The number of amides is 2. The first-order chi connectivity index (χ1) is 15.6. The van der Waals surface area contributed by atoms with E-state index in [4.69, 9.17) is 4.42 Å². The molecule has 32 heavy (non-hydrogen) atoms. The molecule has 0 bridgehead atoms. The maximum atomic E-state index is 12.7. The number of benzene rings is 2. The molecule has 0 saturated carbocycles. The average molecular weight is 450 g/mol. The summed E-state index contributed by atoms with van der Waals surface area (Å²) in [7, 11) is 0. The van der Waals surface area contributed by atoms with Crippen LogP contribution >= 0.6 is 11.8 Å². The molecule has 1 aliphatic rings. The maximum absolute atomic E-state index is 12.7. The van der Waals surface area contributed by atoms with E-state index in [1.807, 2.05) is 49.4 Å². The van der Waals surface area contributed by atoms with E-state index < -0.39 is 0 Å². The second-order valence-corrected chi connectivity index (χ2v) is 9.01. The minimum absolute atomic E-state index is 0.0281. The van der Waals surface area contributed by atoms with Crippen LogP contribution in [0.2, 0.25) is 0 Å². The number of furan rings is 1. The van der Waals surface area contributed by atoms with Crippen LogP contribution in [0.3, 0.4) is 0 Å². The van der Waals surface area contributed by atoms with Crippen molar-refractivity contribution in [2.75, 3.05) is 25.0 Å². The molecule has 1 aliphatic heterocycles. The molecule has 2 aromatic carbocycles. The number of carbonyl (C=O) groups excluding carboxylic acids is 2. The van der Waals surface area contributed by atoms with Crippen molar-refractivity contribution >= 4 is 29.3 Å². The molecule has 2 N–H and O–H groups in total. The van der Waals surface area contributed by atoms with Crippen molar-refractivity contribution in [2.24, 2.45) is 0 Å². The van der Waals surface area contributed by atoms with Crippen LogP contribution < -0.4 is 10.6 Å². The summed E-state index contributed by atoms with van der Waals surface area (Å²) in [4.78, 5) is 29.2. The number of nitrogens with zero attached hydrogens (tertiary/aromatic N) is 1. The van der Waals surface area contributed by atoms with Crippen LogP contribution in [0.5, 0.6) is 0 Å². The summed E-state index contributed by atoms with van der Waals surface area (Å²) in [5, 5.41) is 6.09. The van der Waals surface area contributed by atoms with Gasteiger partial charge in [0.1, 0.15) is 5.76 Å². The van der Waals surface area contributed by atoms with Gasteiger partial charge in [-0.3, -0.25) is 14.5 Å². The third-order valence-electron chi connectivity index (χ3n) is 5.39. The van der Waals surface area contributed by atoms with E-state index in [0.717, 1.165) is 47.2 Å². The largest absolute Gasteiger partial charge is 0.456 e. The van der Waals surface area contributed by atoms with Crippen LogP contribution in [0.25, 0.3) is 0 Å². The van der Waals surface area contributed by atoms with E-state index in [0.29, 0.717) is 12.3 Å². The molecule has 0 spiro atoms. The second-order valence-electron chi connectivity index (χ2n) is 7.89. The highest BCUT2D eigenvalue weighted by molar-refractivity contribution is 7.99. The molecule has 2 amide bonds. The van der Waals surface area contributed by atoms with Crippen molar-refractivity contribution in [2.45, 2.75) is 35.6 Å². The van der Waals surface area contributed by atoms with Crippen LogP contribution in [0.1, 0.15) is 29.2 Å². The van der Waals surface area contributed by atoms with Gasteiger partial charge in [-0.05, 0) is 56.2 Å². The van der Waals surface area contributed by atoms with E-state index in [-0.39, 0.29) is 17.9 Å². The molecule has 166 valence electrons. The van der Waals surface area contributed by atoms with Crippen molar-refractivity contribution in [3.05, 3.63) is 78.3 Å². The lowest BCUT2D eigenvalue weighted by atomic mass is 10.0. The lowest BCUT2D eigenvalue weighted by Gasteiger charge is -2.31. The van der Waals surface area contributed by atoms with Gasteiger partial charge in [-0.1, -0.05) is 42.1 Å². The van der Waals surface area contributed by atoms with E-state index in [1.165, 1.54) is 0 Å². The summed E-state index contributed by atoms with van der Waals surface area (Å²) in [6.07, 6.45) is 1.61. The predicted molar refractivity (Wildman–Crippen MR) is 126 cm³/mol. The zero-order chi connectivity index (χ0) is 22.3. The van der Waals surface area contributed by atoms with Crippen molar-refractivity contribution in [3.8, 4) is 0 Å². The number of hydrogen-bond acceptors (Lipinski definition) is 5. The summed E-state index contributed by atoms with van der Waals surface area (Å²) in [6.45, 7) is 3.67. The highest BCUT2D eigenvalue weighted by atomic mass is 32.2. The minimum Gasteiger partial charge on any atom is -0.456 e. The van der Waals surface area contributed by atoms with Crippen molar-refractivity contribution in [1.82, 2.24) is 10.2 Å². The fourth-order valence-corrected chi connectivity index (χ4v) is 4.64. The molecule has 1 saturated heterocycles. The highest BCUT2D eigenvalue weighted by Gasteiger charge is 2.23. The molecule has 1 fully saturated rings. The summed E-state index contributed by atoms with van der Waals surface area (Å²) in [6, 6.07) is 21.5. The molecular formula is C25H27N3O3S. The van der Waals surface area contributed by atoms with Gasteiger partial charge in [0.25, 0.3) is 5.91 Å². The van der Waals surface area contributed by atoms with Crippen LogP contribution in [0.15, 0.2) is 80.9 Å². The number of hydrogen-bond donors (Lipinski definition) is 2. The van der Waals surface area contributed by atoms with Crippen LogP contribution in [0.4, 0.5) is 5.69 Å². The van der Waals surface area contributed by atoms with Gasteiger partial charge in [-0.25, -0.2) is 0 Å². The zero-order valence-electron chi connectivity index (χ0n) is 18.0. The summed E-state index contributed by atoms with van der Waals surface area (Å²) in [5.41, 5.74) is 0.822. The molecule has 0 atom stereocenters. The highest BCUT2D eigenvalue weighted by Crippen LogP contribution is 2.33. The Bertz CT molecular complexity index is 1060. The Labute approximate surface area is 192 Å². The van der Waals surface area contributed by atoms with Gasteiger partial charge in [0.15, 0.2) is 5.76 Å². The van der Waals surface area contributed by atoms with Crippen LogP contribution in [0, 0.1) is 6.92 Å². The zero-order valence-corrected chi connectivity index (χ0v) is 18.9. The minimum atomic E-state index is -0.179. The summed E-state index contributed by atoms with van der Waals surface area (Å²) in [5.74, 6) is 0.859. The van der Waals surface area contributed by atoms with Crippen molar-refractivity contribution in [1.29, 1.82) is 0 Å². The Kier molecular flexibility index (Phi) is 7.29. The van der Waals surface area contributed by atoms with Crippen LogP contribution in [-0.2, 0) is 4.79 Å². The number of likely N-dealkylation sites (tertiary alicyclic amines) is 1. The van der Waals surface area contributed by atoms with Crippen molar-refractivity contribution < 1.29 is 14.0 Å². The Morgan fingerprint density at radius 1 is 1.00 bits per heavy atom. The van der Waals surface area contributed by atoms with Gasteiger partial charge in [0.2, 0.25) is 5.91 Å². The normalized spacial score (nSPS) is 14.8. The molecule has 2 heterocycles. The number of aryl methyl sites for hydroxylation is 1. The molecule has 0 unspecified atom stereocenters. The second kappa shape index (κ2) is 10.5. The van der Waals surface area contributed by atoms with Gasteiger partial charge in [-0.15, -0.1) is 0 Å². The number of carbonyl (C=O) groups is 2. The summed E-state index contributed by atoms with van der Waals surface area (Å²) >= 11 is 1.63. The smallest absolute Gasteiger partial charge is 0.287 e. The number of piperidine rings is 1. The summed E-state index contributed by atoms with van der Waals surface area (Å²) < 4.78 is 5.39. The van der Waals surface area contributed by atoms with Gasteiger partial charge < -0.3 is 15.1 Å². The first-order valence-corrected chi connectivity index (χ1v) is 11.6. The molecule has 0 radical (unpaired) electrons. The third kappa shape index (κ3) is 6.02. The van der Waals surface area contributed by atoms with Gasteiger partial charge in [0.05, 0.1) is 12.2 Å². The quantitative estimate of drug-likeness (QED) is 0.553. The lowest BCUT2D eigenvalue weighted by Crippen LogP contribution is -2.46. The molecule has 0 aliphatic carbocycles. The molecule has 7 heteroatoms. The SMILES string of the molecule is Cc1ccc(C(=O)NC2CCN(CC(=O)Nc3ccccc3Sc3ccccc3)CC2)o1. The Balaban J connectivity index is 1.25.